The van der Waals surface area contributed by atoms with E-state index in [0.29, 0.717) is 28.6 Å². The van der Waals surface area contributed by atoms with Gasteiger partial charge in [-0.3, -0.25) is 14.3 Å². The lowest BCUT2D eigenvalue weighted by Gasteiger charge is -2.15. The van der Waals surface area contributed by atoms with Crippen LogP contribution in [0.2, 0.25) is 0 Å². The zero-order chi connectivity index (χ0) is 16.7. The smallest absolute Gasteiger partial charge is 0.329 e. The Morgan fingerprint density at radius 1 is 1.22 bits per heavy atom. The average Bonchev–Trinajstić information content (AvgIpc) is 2.55. The average molecular weight is 352 g/mol. The summed E-state index contributed by atoms with van der Waals surface area (Å²) in [6, 6.07) is 9.70. The van der Waals surface area contributed by atoms with Gasteiger partial charge in [-0.25, -0.2) is 4.79 Å². The number of hydrogen-bond acceptors (Lipinski definition) is 5. The van der Waals surface area contributed by atoms with Crippen LogP contribution >= 0.6 is 23.5 Å². The van der Waals surface area contributed by atoms with Gasteiger partial charge >= 0.3 is 5.69 Å². The molecule has 0 aliphatic carbocycles. The highest BCUT2D eigenvalue weighted by Crippen LogP contribution is 2.29. The van der Waals surface area contributed by atoms with E-state index in [-0.39, 0.29) is 12.2 Å². The van der Waals surface area contributed by atoms with Gasteiger partial charge in [0.2, 0.25) is 0 Å². The zero-order valence-electron chi connectivity index (χ0n) is 12.9. The molecule has 1 aromatic heterocycles. The van der Waals surface area contributed by atoms with Crippen LogP contribution in [0.25, 0.3) is 0 Å². The fourth-order valence-corrected chi connectivity index (χ4v) is 3.98. The summed E-state index contributed by atoms with van der Waals surface area (Å²) < 4.78 is 1.59. The second kappa shape index (κ2) is 9.00. The third-order valence-electron chi connectivity index (χ3n) is 3.16. The van der Waals surface area contributed by atoms with Crippen LogP contribution in [0.15, 0.2) is 49.8 Å². The van der Waals surface area contributed by atoms with Gasteiger partial charge in [-0.15, -0.1) is 11.8 Å². The number of aliphatic hydroxyl groups is 1. The first-order valence-electron chi connectivity index (χ1n) is 7.44. The highest BCUT2D eigenvalue weighted by Gasteiger charge is 2.15. The molecule has 1 heterocycles. The van der Waals surface area contributed by atoms with E-state index in [0.717, 1.165) is 11.3 Å². The van der Waals surface area contributed by atoms with Crippen LogP contribution in [0.4, 0.5) is 0 Å². The maximum Gasteiger partial charge on any atom is 0.329 e. The Kier molecular flexibility index (Phi) is 7.01. The molecule has 0 atom stereocenters. The first-order chi connectivity index (χ1) is 11.2. The monoisotopic (exact) mass is 352 g/mol. The molecule has 0 aliphatic rings. The molecule has 2 N–H and O–H groups in total. The zero-order valence-corrected chi connectivity index (χ0v) is 14.6. The summed E-state index contributed by atoms with van der Waals surface area (Å²) in [4.78, 5) is 27.8. The van der Waals surface area contributed by atoms with E-state index in [4.69, 9.17) is 5.11 Å². The minimum absolute atomic E-state index is 0.0613. The third-order valence-corrected chi connectivity index (χ3v) is 5.24. The van der Waals surface area contributed by atoms with Crippen LogP contribution in [0.1, 0.15) is 18.9 Å². The molecular formula is C16H20N2O3S2. The van der Waals surface area contributed by atoms with E-state index in [1.165, 1.54) is 23.5 Å². The maximum atomic E-state index is 12.2. The van der Waals surface area contributed by atoms with Crippen LogP contribution in [-0.4, -0.2) is 27.0 Å². The second-order valence-electron chi connectivity index (χ2n) is 4.90. The summed E-state index contributed by atoms with van der Waals surface area (Å²) in [5.41, 5.74) is -0.0667. The number of rotatable bonds is 8. The third kappa shape index (κ3) is 4.76. The largest absolute Gasteiger partial charge is 0.396 e. The second-order valence-corrected chi connectivity index (χ2v) is 7.03. The van der Waals surface area contributed by atoms with Crippen molar-refractivity contribution < 1.29 is 5.11 Å². The van der Waals surface area contributed by atoms with Crippen molar-refractivity contribution in [2.45, 2.75) is 35.6 Å². The highest BCUT2D eigenvalue weighted by atomic mass is 32.2. The van der Waals surface area contributed by atoms with Gasteiger partial charge in [0.1, 0.15) is 0 Å². The minimum atomic E-state index is -0.404. The van der Waals surface area contributed by atoms with Crippen molar-refractivity contribution in [1.82, 2.24) is 9.55 Å². The van der Waals surface area contributed by atoms with Crippen LogP contribution < -0.4 is 11.2 Å². The SMILES string of the molecule is CCCc1c(Sc2ccccc2)n(CSCCO)c(=O)[nH]c1=O. The molecule has 2 rings (SSSR count). The van der Waals surface area contributed by atoms with E-state index < -0.39 is 5.69 Å². The molecule has 0 unspecified atom stereocenters. The molecule has 0 radical (unpaired) electrons. The number of benzene rings is 1. The molecule has 1 aromatic carbocycles. The molecule has 0 spiro atoms. The predicted octanol–water partition coefficient (Wildman–Crippen LogP) is 2.32. The lowest BCUT2D eigenvalue weighted by atomic mass is 10.2. The number of nitrogens with one attached hydrogen (secondary N) is 1. The van der Waals surface area contributed by atoms with Crippen molar-refractivity contribution in [1.29, 1.82) is 0 Å². The van der Waals surface area contributed by atoms with Gasteiger partial charge in [0, 0.05) is 16.2 Å². The summed E-state index contributed by atoms with van der Waals surface area (Å²) >= 11 is 2.89. The fourth-order valence-electron chi connectivity index (χ4n) is 2.12. The summed E-state index contributed by atoms with van der Waals surface area (Å²) in [7, 11) is 0. The Morgan fingerprint density at radius 3 is 2.61 bits per heavy atom. The molecule has 23 heavy (non-hydrogen) atoms. The quantitative estimate of drug-likeness (QED) is 0.563. The number of thioether (sulfide) groups is 1. The van der Waals surface area contributed by atoms with Gasteiger partial charge in [-0.2, -0.15) is 0 Å². The maximum absolute atomic E-state index is 12.2. The molecular weight excluding hydrogens is 332 g/mol. The number of H-pyrrole nitrogens is 1. The Morgan fingerprint density at radius 2 is 1.96 bits per heavy atom. The molecule has 0 aliphatic heterocycles. The van der Waals surface area contributed by atoms with Crippen molar-refractivity contribution in [2.75, 3.05) is 12.4 Å². The number of aromatic amines is 1. The molecule has 0 bridgehead atoms. The Labute approximate surface area is 143 Å². The molecule has 0 saturated heterocycles. The molecule has 5 nitrogen and oxygen atoms in total. The van der Waals surface area contributed by atoms with E-state index in [2.05, 4.69) is 4.98 Å². The first-order valence-corrected chi connectivity index (χ1v) is 9.42. The van der Waals surface area contributed by atoms with E-state index >= 15 is 0 Å². The normalized spacial score (nSPS) is 10.9. The minimum Gasteiger partial charge on any atom is -0.396 e. The highest BCUT2D eigenvalue weighted by molar-refractivity contribution is 7.99. The van der Waals surface area contributed by atoms with Crippen molar-refractivity contribution in [3.8, 4) is 0 Å². The first kappa shape index (κ1) is 17.9. The predicted molar refractivity (Wildman–Crippen MR) is 95.4 cm³/mol. The molecule has 0 fully saturated rings. The molecule has 7 heteroatoms. The van der Waals surface area contributed by atoms with Crippen molar-refractivity contribution >= 4 is 23.5 Å². The van der Waals surface area contributed by atoms with Gasteiger partial charge in [-0.1, -0.05) is 43.3 Å². The van der Waals surface area contributed by atoms with E-state index in [1.54, 1.807) is 4.57 Å². The lowest BCUT2D eigenvalue weighted by molar-refractivity contribution is 0.322. The summed E-state index contributed by atoms with van der Waals surface area (Å²) in [5.74, 6) is 0.951. The summed E-state index contributed by atoms with van der Waals surface area (Å²) in [5, 5.41) is 9.62. The van der Waals surface area contributed by atoms with Gasteiger partial charge in [0.25, 0.3) is 5.56 Å². The number of hydrogen-bond donors (Lipinski definition) is 2. The van der Waals surface area contributed by atoms with Crippen LogP contribution in [0.5, 0.6) is 0 Å². The molecule has 0 amide bonds. The van der Waals surface area contributed by atoms with Gasteiger partial charge < -0.3 is 5.11 Å². The summed E-state index contributed by atoms with van der Waals surface area (Å²) in [6.07, 6.45) is 1.45. The van der Waals surface area contributed by atoms with Crippen LogP contribution in [0.3, 0.4) is 0 Å². The molecule has 124 valence electrons. The van der Waals surface area contributed by atoms with Crippen molar-refractivity contribution in [3.05, 3.63) is 56.7 Å². The topological polar surface area (TPSA) is 75.1 Å². The summed E-state index contributed by atoms with van der Waals surface area (Å²) in [6.45, 7) is 2.07. The van der Waals surface area contributed by atoms with Crippen molar-refractivity contribution in [2.24, 2.45) is 0 Å². The number of nitrogens with zero attached hydrogens (tertiary/aromatic N) is 1. The van der Waals surface area contributed by atoms with E-state index in [9.17, 15) is 9.59 Å². The fraction of sp³-hybridized carbons (Fsp3) is 0.375. The standard InChI is InChI=1S/C16H20N2O3S2/c1-2-6-13-14(20)17-16(21)18(11-22-10-9-19)15(13)23-12-7-4-3-5-8-12/h3-5,7-8,19H,2,6,9-11H2,1H3,(H,17,20,21). The van der Waals surface area contributed by atoms with Gasteiger partial charge in [-0.05, 0) is 18.6 Å². The Hall–Kier alpha value is -1.44. The van der Waals surface area contributed by atoms with Crippen LogP contribution in [-0.2, 0) is 12.3 Å². The number of aromatic nitrogens is 2. The molecule has 0 saturated carbocycles. The van der Waals surface area contributed by atoms with Gasteiger partial charge in [0.05, 0.1) is 17.5 Å². The van der Waals surface area contributed by atoms with Gasteiger partial charge in [0.15, 0.2) is 0 Å². The lowest BCUT2D eigenvalue weighted by Crippen LogP contribution is -2.33. The molecule has 2 aromatic rings. The van der Waals surface area contributed by atoms with Crippen LogP contribution in [0, 0.1) is 0 Å². The number of aliphatic hydroxyl groups excluding tert-OH is 1. The van der Waals surface area contributed by atoms with Crippen molar-refractivity contribution in [3.63, 3.8) is 0 Å². The Balaban J connectivity index is 2.48. The Bertz CT molecular complexity index is 741. The van der Waals surface area contributed by atoms with E-state index in [1.807, 2.05) is 37.3 Å².